The largest absolute Gasteiger partial charge is 0.336 e. The lowest BCUT2D eigenvalue weighted by atomic mass is 10.1. The summed E-state index contributed by atoms with van der Waals surface area (Å²) < 4.78 is 0. The molecule has 0 N–H and O–H groups in total. The fraction of sp³-hybridized carbons (Fsp3) is 0.400. The van der Waals surface area contributed by atoms with Crippen molar-refractivity contribution in [1.82, 2.24) is 9.80 Å². The fourth-order valence-electron chi connectivity index (χ4n) is 2.12. The van der Waals surface area contributed by atoms with Gasteiger partial charge in [-0.1, -0.05) is 30.3 Å². The third-order valence-corrected chi connectivity index (χ3v) is 3.31. The highest BCUT2D eigenvalue weighted by Gasteiger charge is 2.19. The van der Waals surface area contributed by atoms with Crippen molar-refractivity contribution in [1.29, 1.82) is 0 Å². The Morgan fingerprint density at radius 2 is 1.72 bits per heavy atom. The lowest BCUT2D eigenvalue weighted by Gasteiger charge is -2.32. The standard InChI is InChI=1S/C15H20N2O/c1-13(12-14-6-4-3-5-7-14)15(18)17-10-8-16(2)9-11-17/h3-7,12H,8-11H2,1-2H3. The predicted molar refractivity (Wildman–Crippen MR) is 74.2 cm³/mol. The van der Waals surface area contributed by atoms with Gasteiger partial charge in [0.25, 0.3) is 0 Å². The molecule has 0 spiro atoms. The van der Waals surface area contributed by atoms with Crippen LogP contribution in [0.15, 0.2) is 35.9 Å². The summed E-state index contributed by atoms with van der Waals surface area (Å²) in [5, 5.41) is 0. The van der Waals surface area contributed by atoms with E-state index in [1.165, 1.54) is 0 Å². The van der Waals surface area contributed by atoms with Crippen molar-refractivity contribution in [2.75, 3.05) is 33.2 Å². The van der Waals surface area contributed by atoms with Crippen molar-refractivity contribution in [3.05, 3.63) is 41.5 Å². The van der Waals surface area contributed by atoms with Crippen LogP contribution in [0.5, 0.6) is 0 Å². The molecule has 1 saturated heterocycles. The topological polar surface area (TPSA) is 23.6 Å². The number of carbonyl (C=O) groups excluding carboxylic acids is 1. The number of likely N-dealkylation sites (N-methyl/N-ethyl adjacent to an activating group) is 1. The summed E-state index contributed by atoms with van der Waals surface area (Å²) in [6.07, 6.45) is 1.96. The number of benzene rings is 1. The van der Waals surface area contributed by atoms with Crippen molar-refractivity contribution in [2.24, 2.45) is 0 Å². The molecule has 0 atom stereocenters. The van der Waals surface area contributed by atoms with Gasteiger partial charge in [-0.15, -0.1) is 0 Å². The number of hydrogen-bond acceptors (Lipinski definition) is 2. The van der Waals surface area contributed by atoms with E-state index >= 15 is 0 Å². The van der Waals surface area contributed by atoms with Gasteiger partial charge >= 0.3 is 0 Å². The molecule has 0 saturated carbocycles. The minimum atomic E-state index is 0.159. The number of hydrogen-bond donors (Lipinski definition) is 0. The van der Waals surface area contributed by atoms with Crippen molar-refractivity contribution >= 4 is 12.0 Å². The van der Waals surface area contributed by atoms with Crippen LogP contribution in [0, 0.1) is 0 Å². The summed E-state index contributed by atoms with van der Waals surface area (Å²) in [5.74, 6) is 0.159. The van der Waals surface area contributed by atoms with Gasteiger partial charge in [-0.3, -0.25) is 4.79 Å². The monoisotopic (exact) mass is 244 g/mol. The van der Waals surface area contributed by atoms with Crippen LogP contribution >= 0.6 is 0 Å². The Morgan fingerprint density at radius 1 is 1.11 bits per heavy atom. The van der Waals surface area contributed by atoms with Gasteiger partial charge in [0, 0.05) is 31.8 Å². The van der Waals surface area contributed by atoms with Gasteiger partial charge in [0.2, 0.25) is 5.91 Å². The molecule has 3 heteroatoms. The molecule has 3 nitrogen and oxygen atoms in total. The minimum Gasteiger partial charge on any atom is -0.336 e. The highest BCUT2D eigenvalue weighted by atomic mass is 16.2. The van der Waals surface area contributed by atoms with Crippen LogP contribution in [0.3, 0.4) is 0 Å². The van der Waals surface area contributed by atoms with Crippen LogP contribution in [-0.4, -0.2) is 48.9 Å². The van der Waals surface area contributed by atoms with E-state index in [2.05, 4.69) is 11.9 Å². The normalized spacial score (nSPS) is 17.9. The van der Waals surface area contributed by atoms with Gasteiger partial charge in [0.15, 0.2) is 0 Å². The van der Waals surface area contributed by atoms with E-state index < -0.39 is 0 Å². The number of piperazine rings is 1. The van der Waals surface area contributed by atoms with Gasteiger partial charge < -0.3 is 9.80 Å². The van der Waals surface area contributed by atoms with Gasteiger partial charge in [-0.25, -0.2) is 0 Å². The molecule has 2 rings (SSSR count). The Balaban J connectivity index is 2.03. The summed E-state index contributed by atoms with van der Waals surface area (Å²) in [6.45, 7) is 5.48. The maximum absolute atomic E-state index is 12.2. The van der Waals surface area contributed by atoms with Crippen molar-refractivity contribution in [3.63, 3.8) is 0 Å². The number of nitrogens with zero attached hydrogens (tertiary/aromatic N) is 2. The van der Waals surface area contributed by atoms with Crippen LogP contribution in [0.4, 0.5) is 0 Å². The van der Waals surface area contributed by atoms with E-state index in [0.717, 1.165) is 37.3 Å². The highest BCUT2D eigenvalue weighted by Crippen LogP contribution is 2.10. The first-order valence-electron chi connectivity index (χ1n) is 6.38. The predicted octanol–water partition coefficient (Wildman–Crippen LogP) is 1.86. The van der Waals surface area contributed by atoms with Crippen LogP contribution < -0.4 is 0 Å². The lowest BCUT2D eigenvalue weighted by Crippen LogP contribution is -2.47. The van der Waals surface area contributed by atoms with Crippen molar-refractivity contribution in [2.45, 2.75) is 6.92 Å². The van der Waals surface area contributed by atoms with E-state index in [0.29, 0.717) is 0 Å². The van der Waals surface area contributed by atoms with Crippen LogP contribution in [-0.2, 0) is 4.79 Å². The van der Waals surface area contributed by atoms with Crippen molar-refractivity contribution in [3.8, 4) is 0 Å². The zero-order chi connectivity index (χ0) is 13.0. The Morgan fingerprint density at radius 3 is 2.33 bits per heavy atom. The van der Waals surface area contributed by atoms with E-state index in [4.69, 9.17) is 0 Å². The number of rotatable bonds is 2. The molecule has 1 heterocycles. The molecular weight excluding hydrogens is 224 g/mol. The highest BCUT2D eigenvalue weighted by molar-refractivity contribution is 5.97. The summed E-state index contributed by atoms with van der Waals surface area (Å²) in [4.78, 5) is 16.4. The quantitative estimate of drug-likeness (QED) is 0.741. The van der Waals surface area contributed by atoms with Crippen molar-refractivity contribution < 1.29 is 4.79 Å². The number of amides is 1. The second kappa shape index (κ2) is 5.83. The average molecular weight is 244 g/mol. The molecular formula is C15H20N2O. The Hall–Kier alpha value is -1.61. The van der Waals surface area contributed by atoms with Gasteiger partial charge in [-0.05, 0) is 25.6 Å². The van der Waals surface area contributed by atoms with Crippen LogP contribution in [0.1, 0.15) is 12.5 Å². The van der Waals surface area contributed by atoms with E-state index in [1.54, 1.807) is 0 Å². The Kier molecular flexibility index (Phi) is 4.15. The molecule has 1 aromatic rings. The van der Waals surface area contributed by atoms with Gasteiger partial charge in [0.05, 0.1) is 0 Å². The zero-order valence-electron chi connectivity index (χ0n) is 11.1. The maximum Gasteiger partial charge on any atom is 0.249 e. The van der Waals surface area contributed by atoms with Crippen LogP contribution in [0.2, 0.25) is 0 Å². The fourth-order valence-corrected chi connectivity index (χ4v) is 2.12. The van der Waals surface area contributed by atoms with Gasteiger partial charge in [0.1, 0.15) is 0 Å². The molecule has 1 amide bonds. The first-order chi connectivity index (χ1) is 8.66. The van der Waals surface area contributed by atoms with Gasteiger partial charge in [-0.2, -0.15) is 0 Å². The third kappa shape index (κ3) is 3.20. The number of carbonyl (C=O) groups is 1. The molecule has 1 aliphatic rings. The minimum absolute atomic E-state index is 0.159. The summed E-state index contributed by atoms with van der Waals surface area (Å²) in [5.41, 5.74) is 1.89. The third-order valence-electron chi connectivity index (χ3n) is 3.31. The molecule has 96 valence electrons. The van der Waals surface area contributed by atoms with E-state index in [1.807, 2.05) is 48.2 Å². The molecule has 0 radical (unpaired) electrons. The molecule has 1 aromatic carbocycles. The summed E-state index contributed by atoms with van der Waals surface area (Å²) in [7, 11) is 2.09. The Bertz CT molecular complexity index is 431. The first-order valence-corrected chi connectivity index (χ1v) is 6.38. The molecule has 0 aromatic heterocycles. The molecule has 0 bridgehead atoms. The molecule has 18 heavy (non-hydrogen) atoms. The summed E-state index contributed by atoms with van der Waals surface area (Å²) in [6, 6.07) is 9.98. The SMILES string of the molecule is CC(=Cc1ccccc1)C(=O)N1CCN(C)CC1. The molecule has 1 aliphatic heterocycles. The second-order valence-electron chi connectivity index (χ2n) is 4.83. The molecule has 0 unspecified atom stereocenters. The molecule has 1 fully saturated rings. The molecule has 0 aliphatic carbocycles. The smallest absolute Gasteiger partial charge is 0.249 e. The summed E-state index contributed by atoms with van der Waals surface area (Å²) >= 11 is 0. The van der Waals surface area contributed by atoms with E-state index in [9.17, 15) is 4.79 Å². The second-order valence-corrected chi connectivity index (χ2v) is 4.83. The van der Waals surface area contributed by atoms with E-state index in [-0.39, 0.29) is 5.91 Å². The van der Waals surface area contributed by atoms with Crippen LogP contribution in [0.25, 0.3) is 6.08 Å². The maximum atomic E-state index is 12.2. The average Bonchev–Trinajstić information content (AvgIpc) is 2.40. The zero-order valence-corrected chi connectivity index (χ0v) is 11.1. The Labute approximate surface area is 109 Å². The first kappa shape index (κ1) is 12.8. The lowest BCUT2D eigenvalue weighted by molar-refractivity contribution is -0.128.